The van der Waals surface area contributed by atoms with Crippen LogP contribution >= 0.6 is 11.8 Å². The number of amides is 2. The first-order valence-electron chi connectivity index (χ1n) is 11.1. The molecule has 3 rings (SSSR count). The van der Waals surface area contributed by atoms with Crippen LogP contribution in [0.3, 0.4) is 0 Å². The van der Waals surface area contributed by atoms with Crippen LogP contribution in [0, 0.1) is 6.92 Å². The standard InChI is InChI=1S/C24H23F6N5O2S/c1-13-10-15(11-35-22(24(28,29)30)33-21(34-35)23(25,26)27)8-9-18(13)32-20(37)17-7-5-4-6-16(17)19(36)31-14(2)12-38-3/h4-10,14H,11-12H2,1-3H3,(H,31,36)(H,32,37)/t14-/m0/s1. The first-order valence-corrected chi connectivity index (χ1v) is 12.5. The number of nitrogens with zero attached hydrogens (tertiary/aromatic N) is 3. The highest BCUT2D eigenvalue weighted by Crippen LogP contribution is 2.33. The van der Waals surface area contributed by atoms with Crippen molar-refractivity contribution in [3.63, 3.8) is 0 Å². The van der Waals surface area contributed by atoms with Gasteiger partial charge < -0.3 is 10.6 Å². The van der Waals surface area contributed by atoms with Gasteiger partial charge in [0.15, 0.2) is 0 Å². The van der Waals surface area contributed by atoms with E-state index in [4.69, 9.17) is 0 Å². The zero-order valence-corrected chi connectivity index (χ0v) is 21.2. The summed E-state index contributed by atoms with van der Waals surface area (Å²) in [6.07, 6.45) is -8.39. The number of aryl methyl sites for hydroxylation is 1. The minimum atomic E-state index is -5.15. The molecule has 2 N–H and O–H groups in total. The minimum Gasteiger partial charge on any atom is -0.349 e. The second-order valence-corrected chi connectivity index (χ2v) is 9.30. The lowest BCUT2D eigenvalue weighted by molar-refractivity contribution is -0.150. The third-order valence-corrected chi connectivity index (χ3v) is 6.09. The SMILES string of the molecule is CSC[C@H](C)NC(=O)c1ccccc1C(=O)Nc1ccc(Cn2nc(C(F)(F)F)nc2C(F)(F)F)cc1C. The lowest BCUT2D eigenvalue weighted by atomic mass is 10.0. The Kier molecular flexibility index (Phi) is 8.75. The van der Waals surface area contributed by atoms with Crippen molar-refractivity contribution >= 4 is 29.3 Å². The van der Waals surface area contributed by atoms with Crippen LogP contribution in [0.2, 0.25) is 0 Å². The molecule has 0 radical (unpaired) electrons. The summed E-state index contributed by atoms with van der Waals surface area (Å²) in [6, 6.07) is 10.2. The fraction of sp³-hybridized carbons (Fsp3) is 0.333. The largest absolute Gasteiger partial charge is 0.453 e. The topological polar surface area (TPSA) is 88.9 Å². The molecule has 1 atom stereocenters. The minimum absolute atomic E-state index is 0.113. The normalized spacial score (nSPS) is 12.8. The third kappa shape index (κ3) is 7.05. The number of aromatic nitrogens is 3. The summed E-state index contributed by atoms with van der Waals surface area (Å²) in [4.78, 5) is 28.3. The van der Waals surface area contributed by atoms with Crippen LogP contribution in [0.15, 0.2) is 42.5 Å². The van der Waals surface area contributed by atoms with Crippen LogP contribution in [0.4, 0.5) is 32.0 Å². The van der Waals surface area contributed by atoms with Gasteiger partial charge in [0, 0.05) is 17.5 Å². The van der Waals surface area contributed by atoms with Crippen molar-refractivity contribution in [2.24, 2.45) is 0 Å². The third-order valence-electron chi connectivity index (χ3n) is 5.26. The van der Waals surface area contributed by atoms with Crippen molar-refractivity contribution in [3.05, 3.63) is 76.4 Å². The number of benzene rings is 2. The van der Waals surface area contributed by atoms with Gasteiger partial charge in [-0.1, -0.05) is 24.3 Å². The first kappa shape index (κ1) is 29.0. The summed E-state index contributed by atoms with van der Waals surface area (Å²) >= 11 is 1.56. The van der Waals surface area contributed by atoms with Gasteiger partial charge in [0.2, 0.25) is 5.82 Å². The molecule has 3 aromatic rings. The van der Waals surface area contributed by atoms with Gasteiger partial charge >= 0.3 is 12.4 Å². The van der Waals surface area contributed by atoms with Gasteiger partial charge in [-0.3, -0.25) is 9.59 Å². The Hall–Kier alpha value is -3.55. The van der Waals surface area contributed by atoms with E-state index in [1.807, 2.05) is 13.2 Å². The quantitative estimate of drug-likeness (QED) is 0.361. The molecule has 0 fully saturated rings. The fourth-order valence-electron chi connectivity index (χ4n) is 3.58. The van der Waals surface area contributed by atoms with E-state index in [0.29, 0.717) is 17.0 Å². The molecular formula is C24H23F6N5O2S. The Morgan fingerprint density at radius 1 is 1.00 bits per heavy atom. The Labute approximate surface area is 218 Å². The first-order chi connectivity index (χ1) is 17.7. The number of hydrogen-bond acceptors (Lipinski definition) is 5. The van der Waals surface area contributed by atoms with Crippen molar-refractivity contribution in [3.8, 4) is 0 Å². The van der Waals surface area contributed by atoms with Crippen LogP contribution in [0.25, 0.3) is 0 Å². The summed E-state index contributed by atoms with van der Waals surface area (Å²) in [5.74, 6) is -3.99. The molecule has 0 saturated heterocycles. The molecule has 0 aliphatic heterocycles. The Balaban J connectivity index is 1.81. The van der Waals surface area contributed by atoms with Gasteiger partial charge in [-0.25, -0.2) is 4.68 Å². The number of carbonyl (C=O) groups is 2. The van der Waals surface area contributed by atoms with E-state index >= 15 is 0 Å². The lowest BCUT2D eigenvalue weighted by Gasteiger charge is -2.15. The molecule has 1 aromatic heterocycles. The molecule has 14 heteroatoms. The molecule has 0 aliphatic rings. The highest BCUT2D eigenvalue weighted by Gasteiger charge is 2.44. The van der Waals surface area contributed by atoms with Crippen LogP contribution < -0.4 is 10.6 Å². The summed E-state index contributed by atoms with van der Waals surface area (Å²) in [5, 5.41) is 8.48. The molecule has 7 nitrogen and oxygen atoms in total. The number of nitrogens with one attached hydrogen (secondary N) is 2. The van der Waals surface area contributed by atoms with E-state index in [-0.39, 0.29) is 27.4 Å². The number of halogens is 6. The van der Waals surface area contributed by atoms with Crippen LogP contribution in [-0.4, -0.2) is 44.6 Å². The maximum Gasteiger partial charge on any atom is 0.453 e. The molecule has 0 saturated carbocycles. The molecule has 0 unspecified atom stereocenters. The van der Waals surface area contributed by atoms with Crippen LogP contribution in [0.1, 0.15) is 50.4 Å². The average molecular weight is 560 g/mol. The van der Waals surface area contributed by atoms with Crippen molar-refractivity contribution in [1.82, 2.24) is 20.1 Å². The predicted octanol–water partition coefficient (Wildman–Crippen LogP) is 5.41. The summed E-state index contributed by atoms with van der Waals surface area (Å²) in [6.45, 7) is 2.77. The van der Waals surface area contributed by atoms with Gasteiger partial charge in [0.25, 0.3) is 17.6 Å². The predicted molar refractivity (Wildman–Crippen MR) is 130 cm³/mol. The van der Waals surface area contributed by atoms with Gasteiger partial charge in [-0.15, -0.1) is 5.10 Å². The Morgan fingerprint density at radius 3 is 2.18 bits per heavy atom. The van der Waals surface area contributed by atoms with E-state index in [9.17, 15) is 35.9 Å². The van der Waals surface area contributed by atoms with Crippen LogP contribution in [0.5, 0.6) is 0 Å². The highest BCUT2D eigenvalue weighted by molar-refractivity contribution is 7.98. The molecule has 1 heterocycles. The number of alkyl halides is 6. The van der Waals surface area contributed by atoms with Gasteiger partial charge in [-0.05, 0) is 49.4 Å². The van der Waals surface area contributed by atoms with Crippen molar-refractivity contribution < 1.29 is 35.9 Å². The monoisotopic (exact) mass is 559 g/mol. The maximum atomic E-state index is 13.2. The molecule has 0 aliphatic carbocycles. The van der Waals surface area contributed by atoms with E-state index in [2.05, 4.69) is 20.7 Å². The van der Waals surface area contributed by atoms with E-state index in [1.54, 1.807) is 30.8 Å². The summed E-state index contributed by atoms with van der Waals surface area (Å²) < 4.78 is 78.5. The second kappa shape index (κ2) is 11.5. The molecule has 2 amide bonds. The molecule has 2 aromatic carbocycles. The number of hydrogen-bond donors (Lipinski definition) is 2. The number of rotatable bonds is 8. The number of anilines is 1. The molecular weight excluding hydrogens is 536 g/mol. The van der Waals surface area contributed by atoms with Crippen molar-refractivity contribution in [2.75, 3.05) is 17.3 Å². The van der Waals surface area contributed by atoms with Gasteiger partial charge in [0.1, 0.15) is 0 Å². The zero-order valence-electron chi connectivity index (χ0n) is 20.4. The summed E-state index contributed by atoms with van der Waals surface area (Å²) in [7, 11) is 0. The van der Waals surface area contributed by atoms with Crippen molar-refractivity contribution in [2.45, 2.75) is 38.8 Å². The van der Waals surface area contributed by atoms with Gasteiger partial charge in [0.05, 0.1) is 17.7 Å². The smallest absolute Gasteiger partial charge is 0.349 e. The molecule has 0 bridgehead atoms. The Bertz CT molecular complexity index is 1320. The van der Waals surface area contributed by atoms with E-state index < -0.39 is 42.4 Å². The fourth-order valence-corrected chi connectivity index (χ4v) is 4.16. The highest BCUT2D eigenvalue weighted by atomic mass is 32.2. The summed E-state index contributed by atoms with van der Waals surface area (Å²) in [5.41, 5.74) is 1.21. The average Bonchev–Trinajstić information content (AvgIpc) is 3.26. The van der Waals surface area contributed by atoms with E-state index in [1.165, 1.54) is 30.3 Å². The number of thioether (sulfide) groups is 1. The van der Waals surface area contributed by atoms with Gasteiger partial charge in [-0.2, -0.15) is 43.1 Å². The molecule has 38 heavy (non-hydrogen) atoms. The number of carbonyl (C=O) groups excluding carboxylic acids is 2. The van der Waals surface area contributed by atoms with Crippen molar-refractivity contribution in [1.29, 1.82) is 0 Å². The zero-order chi connectivity index (χ0) is 28.3. The molecule has 204 valence electrons. The maximum absolute atomic E-state index is 13.2. The lowest BCUT2D eigenvalue weighted by Crippen LogP contribution is -2.35. The molecule has 0 spiro atoms. The van der Waals surface area contributed by atoms with Crippen LogP contribution in [-0.2, 0) is 18.9 Å². The Morgan fingerprint density at radius 2 is 1.63 bits per heavy atom. The second-order valence-electron chi connectivity index (χ2n) is 8.39. The van der Waals surface area contributed by atoms with E-state index in [0.717, 1.165) is 0 Å².